The summed E-state index contributed by atoms with van der Waals surface area (Å²) >= 11 is 0. The van der Waals surface area contributed by atoms with E-state index in [0.717, 1.165) is 5.57 Å². The second kappa shape index (κ2) is 6.31. The van der Waals surface area contributed by atoms with Gasteiger partial charge in [-0.2, -0.15) is 0 Å². The van der Waals surface area contributed by atoms with E-state index >= 15 is 0 Å². The molecule has 0 aromatic heterocycles. The average Bonchev–Trinajstić information content (AvgIpc) is 2.76. The minimum atomic E-state index is -0.613. The fraction of sp³-hybridized carbons (Fsp3) is 0.625. The van der Waals surface area contributed by atoms with Crippen LogP contribution in [0.25, 0.3) is 0 Å². The molecular weight excluding hydrogens is 272 g/mol. The van der Waals surface area contributed by atoms with Crippen LogP contribution < -0.4 is 0 Å². The van der Waals surface area contributed by atoms with Crippen LogP contribution in [-0.2, 0) is 23.8 Å². The topological polar surface area (TPSA) is 61.8 Å². The first-order valence-corrected chi connectivity index (χ1v) is 7.05. The molecule has 0 saturated carbocycles. The van der Waals surface area contributed by atoms with Gasteiger partial charge >= 0.3 is 11.9 Å². The van der Waals surface area contributed by atoms with Crippen molar-refractivity contribution in [2.45, 2.75) is 20.0 Å². The Balaban J connectivity index is 2.41. The van der Waals surface area contributed by atoms with E-state index in [-0.39, 0.29) is 18.4 Å². The fourth-order valence-corrected chi connectivity index (χ4v) is 3.27. The molecule has 0 aromatic rings. The summed E-state index contributed by atoms with van der Waals surface area (Å²) in [5.74, 6) is 0.00136. The summed E-state index contributed by atoms with van der Waals surface area (Å²) in [6, 6.07) is 0. The lowest BCUT2D eigenvalue weighted by Gasteiger charge is -2.35. The zero-order valence-corrected chi connectivity index (χ0v) is 12.5. The van der Waals surface area contributed by atoms with Crippen molar-refractivity contribution in [3.05, 3.63) is 11.6 Å². The minimum Gasteiger partial charge on any atom is -0.466 e. The van der Waals surface area contributed by atoms with E-state index in [0.29, 0.717) is 6.61 Å². The number of esters is 2. The molecule has 0 unspecified atom stereocenters. The highest BCUT2D eigenvalue weighted by molar-refractivity contribution is 5.85. The Morgan fingerprint density at radius 2 is 2.24 bits per heavy atom. The summed E-state index contributed by atoms with van der Waals surface area (Å²) in [6.07, 6.45) is 6.76. The van der Waals surface area contributed by atoms with Crippen LogP contribution in [0, 0.1) is 36.0 Å². The molecule has 5 heteroatoms. The molecule has 5 nitrogen and oxygen atoms in total. The average molecular weight is 292 g/mol. The number of terminal acetylenes is 1. The molecular formula is C16H20O5. The van der Waals surface area contributed by atoms with Crippen molar-refractivity contribution in [2.24, 2.45) is 23.7 Å². The van der Waals surface area contributed by atoms with Gasteiger partial charge in [-0.3, -0.25) is 9.59 Å². The predicted octanol–water partition coefficient (Wildman–Crippen LogP) is 1.18. The third kappa shape index (κ3) is 2.68. The van der Waals surface area contributed by atoms with Crippen LogP contribution in [-0.4, -0.2) is 38.4 Å². The Morgan fingerprint density at radius 1 is 1.52 bits per heavy atom. The SMILES string of the molecule is C#C[C@@H]1OC(=O)[C@H]2[C@H]1C=C(C)[C@H](COC)[C@@H]2C(=O)OCC. The maximum atomic E-state index is 12.3. The molecule has 1 aliphatic heterocycles. The Kier molecular flexibility index (Phi) is 4.69. The molecule has 1 heterocycles. The summed E-state index contributed by atoms with van der Waals surface area (Å²) in [5, 5.41) is 0. The lowest BCUT2D eigenvalue weighted by atomic mass is 9.67. The van der Waals surface area contributed by atoms with Crippen molar-refractivity contribution < 1.29 is 23.8 Å². The number of cyclic esters (lactones) is 1. The minimum absolute atomic E-state index is 0.195. The van der Waals surface area contributed by atoms with E-state index in [4.69, 9.17) is 20.6 Å². The van der Waals surface area contributed by atoms with Gasteiger partial charge in [0.1, 0.15) is 0 Å². The lowest BCUT2D eigenvalue weighted by molar-refractivity contribution is -0.159. The number of carbonyl (C=O) groups excluding carboxylic acids is 2. The van der Waals surface area contributed by atoms with Gasteiger partial charge < -0.3 is 14.2 Å². The normalized spacial score (nSPS) is 34.5. The third-order valence-electron chi connectivity index (χ3n) is 4.21. The quantitative estimate of drug-likeness (QED) is 0.442. The molecule has 1 fully saturated rings. The number of methoxy groups -OCH3 is 1. The smallest absolute Gasteiger partial charge is 0.311 e. The van der Waals surface area contributed by atoms with Gasteiger partial charge in [0.2, 0.25) is 0 Å². The third-order valence-corrected chi connectivity index (χ3v) is 4.21. The van der Waals surface area contributed by atoms with Crippen molar-refractivity contribution in [1.82, 2.24) is 0 Å². The maximum absolute atomic E-state index is 12.3. The number of ether oxygens (including phenoxy) is 3. The second-order valence-electron chi connectivity index (χ2n) is 5.38. The lowest BCUT2D eigenvalue weighted by Crippen LogP contribution is -2.43. The van der Waals surface area contributed by atoms with Gasteiger partial charge in [0.15, 0.2) is 6.10 Å². The largest absolute Gasteiger partial charge is 0.466 e. The van der Waals surface area contributed by atoms with E-state index in [1.165, 1.54) is 0 Å². The molecule has 5 atom stereocenters. The van der Waals surface area contributed by atoms with Gasteiger partial charge in [-0.15, -0.1) is 6.42 Å². The van der Waals surface area contributed by atoms with Gasteiger partial charge in [-0.05, 0) is 13.8 Å². The number of rotatable bonds is 4. The van der Waals surface area contributed by atoms with Gasteiger partial charge in [-0.1, -0.05) is 17.6 Å². The van der Waals surface area contributed by atoms with Gasteiger partial charge in [0, 0.05) is 18.9 Å². The van der Waals surface area contributed by atoms with Crippen LogP contribution >= 0.6 is 0 Å². The summed E-state index contributed by atoms with van der Waals surface area (Å²) in [6.45, 7) is 4.28. The first-order valence-electron chi connectivity index (χ1n) is 7.05. The Labute approximate surface area is 124 Å². The fourth-order valence-electron chi connectivity index (χ4n) is 3.27. The van der Waals surface area contributed by atoms with E-state index in [1.807, 2.05) is 13.0 Å². The molecule has 1 aliphatic carbocycles. The van der Waals surface area contributed by atoms with Crippen LogP contribution in [0.3, 0.4) is 0 Å². The zero-order valence-electron chi connectivity index (χ0n) is 12.5. The molecule has 1 saturated heterocycles. The zero-order chi connectivity index (χ0) is 15.6. The summed E-state index contributed by atoms with van der Waals surface area (Å²) in [5.41, 5.74) is 0.981. The van der Waals surface area contributed by atoms with E-state index < -0.39 is 29.9 Å². The van der Waals surface area contributed by atoms with Crippen LogP contribution in [0.4, 0.5) is 0 Å². The number of hydrogen-bond acceptors (Lipinski definition) is 5. The molecule has 2 rings (SSSR count). The molecule has 0 bridgehead atoms. The number of carbonyl (C=O) groups is 2. The molecule has 0 radical (unpaired) electrons. The summed E-state index contributed by atoms with van der Waals surface area (Å²) < 4.78 is 15.6. The van der Waals surface area contributed by atoms with Crippen molar-refractivity contribution >= 4 is 11.9 Å². The molecule has 2 aliphatic rings. The van der Waals surface area contributed by atoms with Crippen molar-refractivity contribution in [3.8, 4) is 12.3 Å². The van der Waals surface area contributed by atoms with Crippen molar-refractivity contribution in [3.63, 3.8) is 0 Å². The molecule has 0 N–H and O–H groups in total. The highest BCUT2D eigenvalue weighted by Crippen LogP contribution is 2.45. The second-order valence-corrected chi connectivity index (χ2v) is 5.38. The van der Waals surface area contributed by atoms with Crippen LogP contribution in [0.1, 0.15) is 13.8 Å². The summed E-state index contributed by atoms with van der Waals surface area (Å²) in [7, 11) is 1.57. The highest BCUT2D eigenvalue weighted by atomic mass is 16.6. The van der Waals surface area contributed by atoms with E-state index in [2.05, 4.69) is 5.92 Å². The van der Waals surface area contributed by atoms with Gasteiger partial charge in [0.05, 0.1) is 25.0 Å². The van der Waals surface area contributed by atoms with Crippen LogP contribution in [0.15, 0.2) is 11.6 Å². The Morgan fingerprint density at radius 3 is 2.81 bits per heavy atom. The van der Waals surface area contributed by atoms with Gasteiger partial charge in [-0.25, -0.2) is 0 Å². The first kappa shape index (κ1) is 15.6. The monoisotopic (exact) mass is 292 g/mol. The Hall–Kier alpha value is -1.80. The molecule has 0 amide bonds. The predicted molar refractivity (Wildman–Crippen MR) is 74.9 cm³/mol. The highest BCUT2D eigenvalue weighted by Gasteiger charge is 2.55. The van der Waals surface area contributed by atoms with Crippen LogP contribution in [0.2, 0.25) is 0 Å². The van der Waals surface area contributed by atoms with Crippen molar-refractivity contribution in [1.29, 1.82) is 0 Å². The maximum Gasteiger partial charge on any atom is 0.311 e. The number of hydrogen-bond donors (Lipinski definition) is 0. The summed E-state index contributed by atoms with van der Waals surface area (Å²) in [4.78, 5) is 24.5. The standard InChI is InChI=1S/C16H20O5/c1-5-12-10-7-9(3)11(8-19-4)14(15(17)20-6-2)13(10)16(18)21-12/h1,7,10-14H,6,8H2,2-4H3/t10-,11-,12-,13-,14-/m0/s1. The molecule has 114 valence electrons. The van der Waals surface area contributed by atoms with Crippen LogP contribution in [0.5, 0.6) is 0 Å². The molecule has 21 heavy (non-hydrogen) atoms. The van der Waals surface area contributed by atoms with Crippen molar-refractivity contribution in [2.75, 3.05) is 20.3 Å². The van der Waals surface area contributed by atoms with Gasteiger partial charge in [0.25, 0.3) is 0 Å². The first-order chi connectivity index (χ1) is 10.0. The Bertz CT molecular complexity index is 501. The molecule has 0 spiro atoms. The number of fused-ring (bicyclic) bond motifs is 1. The van der Waals surface area contributed by atoms with E-state index in [1.54, 1.807) is 14.0 Å². The van der Waals surface area contributed by atoms with E-state index in [9.17, 15) is 9.59 Å². The molecule has 0 aromatic carbocycles.